The first-order valence-electron chi connectivity index (χ1n) is 22.1. The quantitative estimate of drug-likeness (QED) is 0.0236. The smallest absolute Gasteiger partial charge is 0.457 e. The molecule has 0 aliphatic rings. The van der Waals surface area contributed by atoms with Gasteiger partial charge in [0.15, 0.2) is 0 Å². The average molecular weight is 813 g/mol. The lowest BCUT2D eigenvalue weighted by Crippen LogP contribution is -2.28. The minimum atomic E-state index is -4.64. The van der Waals surface area contributed by atoms with E-state index in [1.165, 1.54) is 57.8 Å². The lowest BCUT2D eigenvalue weighted by atomic mass is 10.1. The Kier molecular flexibility index (Phi) is 39.6. The van der Waals surface area contributed by atoms with Gasteiger partial charge in [0.1, 0.15) is 12.2 Å². The van der Waals surface area contributed by atoms with Gasteiger partial charge in [-0.15, -0.1) is 0 Å². The molecular formula is C45H81O10P. The third-order valence-electron chi connectivity index (χ3n) is 9.28. The van der Waals surface area contributed by atoms with E-state index in [4.69, 9.17) is 18.5 Å². The second-order valence-corrected chi connectivity index (χ2v) is 16.1. The van der Waals surface area contributed by atoms with Crippen LogP contribution in [0.5, 0.6) is 0 Å². The summed E-state index contributed by atoms with van der Waals surface area (Å²) in [6, 6.07) is 0. The van der Waals surface area contributed by atoms with Gasteiger partial charge in [0.25, 0.3) is 0 Å². The molecule has 0 saturated carbocycles. The van der Waals surface area contributed by atoms with E-state index in [9.17, 15) is 29.3 Å². The third kappa shape index (κ3) is 38.8. The van der Waals surface area contributed by atoms with Crippen LogP contribution in [0.2, 0.25) is 0 Å². The minimum Gasteiger partial charge on any atom is -0.457 e. The summed E-state index contributed by atoms with van der Waals surface area (Å²) in [5.74, 6) is -1.04. The Bertz CT molecular complexity index is 1070. The molecule has 0 amide bonds. The van der Waals surface area contributed by atoms with Gasteiger partial charge in [-0.2, -0.15) is 0 Å². The van der Waals surface area contributed by atoms with Crippen LogP contribution < -0.4 is 0 Å². The van der Waals surface area contributed by atoms with E-state index in [-0.39, 0.29) is 12.8 Å². The number of hydrogen-bond acceptors (Lipinski definition) is 9. The van der Waals surface area contributed by atoms with Crippen LogP contribution in [0.4, 0.5) is 0 Å². The first-order valence-corrected chi connectivity index (χ1v) is 23.6. The van der Waals surface area contributed by atoms with Gasteiger partial charge in [-0.25, -0.2) is 4.57 Å². The number of unbranched alkanes of at least 4 members (excludes halogenated alkanes) is 19. The summed E-state index contributed by atoms with van der Waals surface area (Å²) in [6.45, 7) is 2.08. The van der Waals surface area contributed by atoms with Gasteiger partial charge < -0.3 is 24.6 Å². The Hall–Kier alpha value is -2.07. The Labute approximate surface area is 341 Å². The number of phosphoric ester groups is 1. The van der Waals surface area contributed by atoms with E-state index in [0.29, 0.717) is 12.8 Å². The Balaban J connectivity index is 3.94. The van der Waals surface area contributed by atoms with Crippen LogP contribution in [0.15, 0.2) is 48.6 Å². The maximum atomic E-state index is 12.4. The molecule has 3 atom stereocenters. The van der Waals surface area contributed by atoms with Crippen LogP contribution in [0.3, 0.4) is 0 Å². The monoisotopic (exact) mass is 813 g/mol. The molecular weight excluding hydrogens is 731 g/mol. The standard InChI is InChI=1S/C45H81O10P/c1-3-5-7-9-11-13-15-17-19-21-23-25-27-29-31-33-35-37-45(49)55-43(39-47)41-53-56(50,51)52-40-42(38-46)54-44(48)36-34-32-30-28-26-24-22-20-18-16-14-12-10-8-6-4-2/h5,7,11,13,17,19-20,22,42-43,46-47H,3-4,6,8-10,12,14-16,18,21,23-41H2,1-2H3,(H,50,51)/b7-5-,13-11-,19-17-,22-20-. The summed E-state index contributed by atoms with van der Waals surface area (Å²) in [7, 11) is -4.64. The lowest BCUT2D eigenvalue weighted by molar-refractivity contribution is -0.153. The molecule has 0 aromatic rings. The van der Waals surface area contributed by atoms with Crippen molar-refractivity contribution in [2.75, 3.05) is 26.4 Å². The topological polar surface area (TPSA) is 149 Å². The van der Waals surface area contributed by atoms with Crippen LogP contribution in [0, 0.1) is 0 Å². The summed E-state index contributed by atoms with van der Waals surface area (Å²) >= 11 is 0. The van der Waals surface area contributed by atoms with Gasteiger partial charge in [-0.1, -0.05) is 152 Å². The SMILES string of the molecule is CC/C=C\C/C=C\C/C=C\CCCCCCCCCC(=O)OC(CO)COP(=O)(O)OCC(CO)OC(=O)CCCCCCC/C=C\CCCCCCCCC. The van der Waals surface area contributed by atoms with E-state index >= 15 is 0 Å². The molecule has 0 aliphatic carbocycles. The predicted molar refractivity (Wildman–Crippen MR) is 228 cm³/mol. The van der Waals surface area contributed by atoms with Gasteiger partial charge in [0, 0.05) is 12.8 Å². The Morgan fingerprint density at radius 2 is 0.839 bits per heavy atom. The highest BCUT2D eigenvalue weighted by molar-refractivity contribution is 7.47. The largest absolute Gasteiger partial charge is 0.472 e. The van der Waals surface area contributed by atoms with Crippen molar-refractivity contribution in [2.45, 2.75) is 199 Å². The van der Waals surface area contributed by atoms with Crippen LogP contribution in [0.25, 0.3) is 0 Å². The third-order valence-corrected chi connectivity index (χ3v) is 10.2. The van der Waals surface area contributed by atoms with Crippen molar-refractivity contribution in [2.24, 2.45) is 0 Å². The number of allylic oxidation sites excluding steroid dienone is 8. The molecule has 0 fully saturated rings. The van der Waals surface area contributed by atoms with Gasteiger partial charge >= 0.3 is 19.8 Å². The summed E-state index contributed by atoms with van der Waals surface area (Å²) in [4.78, 5) is 34.5. The average Bonchev–Trinajstić information content (AvgIpc) is 3.19. The van der Waals surface area contributed by atoms with Gasteiger partial charge in [-0.05, 0) is 70.6 Å². The molecule has 3 N–H and O–H groups in total. The molecule has 0 aromatic carbocycles. The van der Waals surface area contributed by atoms with Crippen molar-refractivity contribution in [1.82, 2.24) is 0 Å². The summed E-state index contributed by atoms with van der Waals surface area (Å²) in [5.41, 5.74) is 0. The number of esters is 2. The molecule has 0 radical (unpaired) electrons. The normalized spacial score (nSPS) is 14.3. The van der Waals surface area contributed by atoms with E-state index in [1.807, 2.05) is 0 Å². The van der Waals surface area contributed by atoms with Crippen LogP contribution in [0.1, 0.15) is 187 Å². The molecule has 0 spiro atoms. The van der Waals surface area contributed by atoms with Crippen molar-refractivity contribution in [3.63, 3.8) is 0 Å². The number of aliphatic hydroxyl groups is 2. The fourth-order valence-corrected chi connectivity index (χ4v) is 6.67. The van der Waals surface area contributed by atoms with Crippen molar-refractivity contribution < 1.29 is 47.8 Å². The molecule has 0 aromatic heterocycles. The molecule has 326 valence electrons. The molecule has 0 aliphatic heterocycles. The number of carbonyl (C=O) groups is 2. The first kappa shape index (κ1) is 53.9. The Morgan fingerprint density at radius 3 is 1.23 bits per heavy atom. The van der Waals surface area contributed by atoms with Gasteiger partial charge in [-0.3, -0.25) is 18.6 Å². The second kappa shape index (κ2) is 41.1. The summed E-state index contributed by atoms with van der Waals surface area (Å²) in [6.07, 6.45) is 43.6. The maximum absolute atomic E-state index is 12.4. The number of ether oxygens (including phenoxy) is 2. The van der Waals surface area contributed by atoms with Crippen molar-refractivity contribution in [3.05, 3.63) is 48.6 Å². The van der Waals surface area contributed by atoms with E-state index in [1.54, 1.807) is 0 Å². The highest BCUT2D eigenvalue weighted by Crippen LogP contribution is 2.43. The molecule has 0 saturated heterocycles. The number of rotatable bonds is 41. The maximum Gasteiger partial charge on any atom is 0.472 e. The second-order valence-electron chi connectivity index (χ2n) is 14.6. The summed E-state index contributed by atoms with van der Waals surface area (Å²) < 4.78 is 32.6. The number of hydrogen-bond donors (Lipinski definition) is 3. The number of phosphoric acid groups is 1. The fourth-order valence-electron chi connectivity index (χ4n) is 5.89. The Morgan fingerprint density at radius 1 is 0.500 bits per heavy atom. The van der Waals surface area contributed by atoms with Gasteiger partial charge in [0.05, 0.1) is 26.4 Å². The molecule has 3 unspecified atom stereocenters. The lowest BCUT2D eigenvalue weighted by Gasteiger charge is -2.20. The van der Waals surface area contributed by atoms with Crippen molar-refractivity contribution in [3.8, 4) is 0 Å². The molecule has 10 nitrogen and oxygen atoms in total. The molecule has 11 heteroatoms. The zero-order valence-electron chi connectivity index (χ0n) is 35.3. The van der Waals surface area contributed by atoms with E-state index in [0.717, 1.165) is 89.9 Å². The first-order chi connectivity index (χ1) is 27.3. The zero-order valence-corrected chi connectivity index (χ0v) is 36.2. The molecule has 0 bridgehead atoms. The van der Waals surface area contributed by atoms with Crippen LogP contribution >= 0.6 is 7.82 Å². The van der Waals surface area contributed by atoms with Gasteiger partial charge in [0.2, 0.25) is 0 Å². The van der Waals surface area contributed by atoms with Crippen molar-refractivity contribution >= 4 is 19.8 Å². The van der Waals surface area contributed by atoms with Crippen LogP contribution in [-0.2, 0) is 32.7 Å². The molecule has 56 heavy (non-hydrogen) atoms. The fraction of sp³-hybridized carbons (Fsp3) is 0.778. The zero-order chi connectivity index (χ0) is 41.2. The molecule has 0 heterocycles. The highest BCUT2D eigenvalue weighted by Gasteiger charge is 2.27. The van der Waals surface area contributed by atoms with Crippen LogP contribution in [-0.4, -0.2) is 65.7 Å². The highest BCUT2D eigenvalue weighted by atomic mass is 31.2. The molecule has 0 rings (SSSR count). The number of aliphatic hydroxyl groups excluding tert-OH is 2. The van der Waals surface area contributed by atoms with E-state index in [2.05, 4.69) is 62.5 Å². The summed E-state index contributed by atoms with van der Waals surface area (Å²) in [5, 5.41) is 19.2. The number of carbonyl (C=O) groups excluding carboxylic acids is 2. The van der Waals surface area contributed by atoms with Crippen molar-refractivity contribution in [1.29, 1.82) is 0 Å². The minimum absolute atomic E-state index is 0.179. The van der Waals surface area contributed by atoms with E-state index < -0.39 is 58.4 Å². The predicted octanol–water partition coefficient (Wildman–Crippen LogP) is 11.7.